The zero-order valence-corrected chi connectivity index (χ0v) is 20.6. The molecule has 34 heavy (non-hydrogen) atoms. The largest absolute Gasteiger partial charge is 0.379 e. The van der Waals surface area contributed by atoms with Crippen LogP contribution in [0.3, 0.4) is 0 Å². The maximum atomic E-state index is 13.6. The predicted molar refractivity (Wildman–Crippen MR) is 133 cm³/mol. The summed E-state index contributed by atoms with van der Waals surface area (Å²) in [5, 5.41) is 0.919. The third-order valence-electron chi connectivity index (χ3n) is 6.99. The van der Waals surface area contributed by atoms with Gasteiger partial charge in [-0.15, -0.1) is 0 Å². The Bertz CT molecular complexity index is 1200. The Balaban J connectivity index is 1.36. The fourth-order valence-corrected chi connectivity index (χ4v) is 5.41. The van der Waals surface area contributed by atoms with E-state index >= 15 is 0 Å². The molecule has 2 aromatic carbocycles. The number of nitrogens with zero attached hydrogens (tertiary/aromatic N) is 4. The second-order valence-electron chi connectivity index (χ2n) is 9.15. The number of aromatic nitrogens is 2. The number of rotatable bonds is 6. The van der Waals surface area contributed by atoms with Gasteiger partial charge in [0, 0.05) is 51.9 Å². The lowest BCUT2D eigenvalue weighted by Crippen LogP contribution is -2.40. The summed E-state index contributed by atoms with van der Waals surface area (Å²) in [7, 11) is 0. The lowest BCUT2D eigenvalue weighted by molar-refractivity contribution is 0.0364. The molecule has 3 heterocycles. The minimum atomic E-state index is -0.217. The number of halogens is 3. The highest BCUT2D eigenvalue weighted by molar-refractivity contribution is 6.42. The van der Waals surface area contributed by atoms with Crippen molar-refractivity contribution < 1.29 is 9.13 Å². The molecule has 0 saturated carbocycles. The first kappa shape index (κ1) is 23.8. The number of morpholine rings is 1. The van der Waals surface area contributed by atoms with E-state index in [-0.39, 0.29) is 17.5 Å². The zero-order valence-electron chi connectivity index (χ0n) is 19.1. The van der Waals surface area contributed by atoms with Crippen LogP contribution < -0.4 is 5.69 Å². The smallest absolute Gasteiger partial charge is 0.329 e. The lowest BCUT2D eigenvalue weighted by Gasteiger charge is -2.32. The first-order valence-electron chi connectivity index (χ1n) is 11.9. The van der Waals surface area contributed by atoms with Crippen molar-refractivity contribution in [2.24, 2.45) is 0 Å². The van der Waals surface area contributed by atoms with Crippen molar-refractivity contribution in [2.45, 2.75) is 32.0 Å². The second-order valence-corrected chi connectivity index (χ2v) is 9.96. The van der Waals surface area contributed by atoms with Gasteiger partial charge in [-0.1, -0.05) is 35.3 Å². The highest BCUT2D eigenvalue weighted by Crippen LogP contribution is 2.31. The predicted octanol–water partition coefficient (Wildman–Crippen LogP) is 4.42. The summed E-state index contributed by atoms with van der Waals surface area (Å²) in [5.74, 6) is -0.217. The van der Waals surface area contributed by atoms with Crippen molar-refractivity contribution in [1.29, 1.82) is 0 Å². The van der Waals surface area contributed by atoms with E-state index in [2.05, 4.69) is 9.80 Å². The first-order valence-corrected chi connectivity index (χ1v) is 12.6. The summed E-state index contributed by atoms with van der Waals surface area (Å²) in [6.07, 6.45) is 1.73. The molecule has 1 aromatic heterocycles. The molecule has 0 N–H and O–H groups in total. The van der Waals surface area contributed by atoms with E-state index in [1.54, 1.807) is 0 Å². The van der Waals surface area contributed by atoms with Gasteiger partial charge in [0.1, 0.15) is 5.82 Å². The standard InChI is InChI=1S/C25H29Cl2FN4O2/c26-21-15-23-24(16-22(21)27)32(25(33)31(23)10-9-29-11-13-34-14-12-29)20-5-7-30(8-6-20)17-18-1-3-19(28)4-2-18/h1-4,15-16,20H,5-14,17H2. The molecular formula is C25H29Cl2FN4O2. The summed E-state index contributed by atoms with van der Waals surface area (Å²) in [4.78, 5) is 18.3. The van der Waals surface area contributed by atoms with Gasteiger partial charge in [0.05, 0.1) is 34.3 Å². The van der Waals surface area contributed by atoms with Crippen LogP contribution in [-0.2, 0) is 17.8 Å². The van der Waals surface area contributed by atoms with Crippen LogP contribution in [0.4, 0.5) is 4.39 Å². The summed E-state index contributed by atoms with van der Waals surface area (Å²) >= 11 is 12.7. The molecular weight excluding hydrogens is 478 g/mol. The van der Waals surface area contributed by atoms with Crippen LogP contribution in [-0.4, -0.2) is 64.9 Å². The molecule has 3 aromatic rings. The van der Waals surface area contributed by atoms with Gasteiger partial charge >= 0.3 is 5.69 Å². The van der Waals surface area contributed by atoms with Gasteiger partial charge in [-0.3, -0.25) is 18.9 Å². The SMILES string of the molecule is O=c1n(CCN2CCOCC2)c2cc(Cl)c(Cl)cc2n1C1CCN(Cc2ccc(F)cc2)CC1. The number of imidazole rings is 1. The van der Waals surface area contributed by atoms with E-state index < -0.39 is 0 Å². The fraction of sp³-hybridized carbons (Fsp3) is 0.480. The Morgan fingerprint density at radius 3 is 2.21 bits per heavy atom. The Morgan fingerprint density at radius 2 is 1.53 bits per heavy atom. The molecule has 2 fully saturated rings. The molecule has 0 atom stereocenters. The molecule has 2 aliphatic heterocycles. The van der Waals surface area contributed by atoms with Crippen molar-refractivity contribution in [2.75, 3.05) is 45.9 Å². The van der Waals surface area contributed by atoms with E-state index in [4.69, 9.17) is 27.9 Å². The minimum Gasteiger partial charge on any atom is -0.379 e. The van der Waals surface area contributed by atoms with Crippen molar-refractivity contribution in [3.8, 4) is 0 Å². The Morgan fingerprint density at radius 1 is 0.882 bits per heavy atom. The van der Waals surface area contributed by atoms with Crippen LogP contribution in [0.5, 0.6) is 0 Å². The Labute approximate surface area is 208 Å². The average Bonchev–Trinajstić information content (AvgIpc) is 3.11. The number of hydrogen-bond acceptors (Lipinski definition) is 4. The van der Waals surface area contributed by atoms with Crippen LogP contribution in [0.15, 0.2) is 41.2 Å². The molecule has 9 heteroatoms. The topological polar surface area (TPSA) is 42.6 Å². The van der Waals surface area contributed by atoms with Crippen LogP contribution >= 0.6 is 23.2 Å². The number of fused-ring (bicyclic) bond motifs is 1. The molecule has 6 nitrogen and oxygen atoms in total. The number of ether oxygens (including phenoxy) is 1. The third kappa shape index (κ3) is 5.04. The second kappa shape index (κ2) is 10.4. The summed E-state index contributed by atoms with van der Waals surface area (Å²) in [5.41, 5.74) is 2.77. The number of benzene rings is 2. The minimum absolute atomic E-state index is 0.00132. The molecule has 2 saturated heterocycles. The quantitative estimate of drug-likeness (QED) is 0.496. The van der Waals surface area contributed by atoms with Gasteiger partial charge < -0.3 is 4.74 Å². The van der Waals surface area contributed by atoms with Gasteiger partial charge in [0.15, 0.2) is 0 Å². The highest BCUT2D eigenvalue weighted by atomic mass is 35.5. The highest BCUT2D eigenvalue weighted by Gasteiger charge is 2.26. The molecule has 0 unspecified atom stereocenters. The van der Waals surface area contributed by atoms with Crippen LogP contribution in [0.1, 0.15) is 24.4 Å². The van der Waals surface area contributed by atoms with Gasteiger partial charge in [-0.2, -0.15) is 0 Å². The molecule has 0 bridgehead atoms. The monoisotopic (exact) mass is 506 g/mol. The van der Waals surface area contributed by atoms with E-state index in [9.17, 15) is 9.18 Å². The van der Waals surface area contributed by atoms with Crippen molar-refractivity contribution in [1.82, 2.24) is 18.9 Å². The Hall–Kier alpha value is -1.90. The van der Waals surface area contributed by atoms with E-state index in [0.29, 0.717) is 16.6 Å². The first-order chi connectivity index (χ1) is 16.5. The molecule has 0 aliphatic carbocycles. The normalized spacial score (nSPS) is 18.7. The third-order valence-corrected chi connectivity index (χ3v) is 7.71. The average molecular weight is 507 g/mol. The van der Waals surface area contributed by atoms with Crippen molar-refractivity contribution >= 4 is 34.2 Å². The lowest BCUT2D eigenvalue weighted by atomic mass is 10.0. The van der Waals surface area contributed by atoms with Gasteiger partial charge in [-0.05, 0) is 42.7 Å². The molecule has 5 rings (SSSR count). The summed E-state index contributed by atoms with van der Waals surface area (Å²) < 4.78 is 22.4. The fourth-order valence-electron chi connectivity index (χ4n) is 5.09. The van der Waals surface area contributed by atoms with Gasteiger partial charge in [0.2, 0.25) is 0 Å². The Kier molecular flexibility index (Phi) is 7.27. The van der Waals surface area contributed by atoms with E-state index in [1.165, 1.54) is 12.1 Å². The number of piperidine rings is 1. The number of hydrogen-bond donors (Lipinski definition) is 0. The number of likely N-dealkylation sites (tertiary alicyclic amines) is 1. The van der Waals surface area contributed by atoms with E-state index in [1.807, 2.05) is 33.4 Å². The maximum Gasteiger partial charge on any atom is 0.329 e. The van der Waals surface area contributed by atoms with Crippen molar-refractivity contribution in [3.05, 3.63) is 68.3 Å². The van der Waals surface area contributed by atoms with E-state index in [0.717, 1.165) is 81.9 Å². The molecule has 2 aliphatic rings. The van der Waals surface area contributed by atoms with Crippen LogP contribution in [0, 0.1) is 5.82 Å². The summed E-state index contributed by atoms with van der Waals surface area (Å²) in [6.45, 7) is 7.14. The molecule has 0 amide bonds. The van der Waals surface area contributed by atoms with Crippen LogP contribution in [0.2, 0.25) is 10.0 Å². The van der Waals surface area contributed by atoms with Gasteiger partial charge in [-0.25, -0.2) is 9.18 Å². The van der Waals surface area contributed by atoms with Crippen molar-refractivity contribution in [3.63, 3.8) is 0 Å². The summed E-state index contributed by atoms with van der Waals surface area (Å²) in [6, 6.07) is 10.4. The molecule has 182 valence electrons. The zero-order chi connectivity index (χ0) is 23.7. The molecule has 0 radical (unpaired) electrons. The molecule has 0 spiro atoms. The maximum absolute atomic E-state index is 13.6. The van der Waals surface area contributed by atoms with Crippen LogP contribution in [0.25, 0.3) is 11.0 Å². The van der Waals surface area contributed by atoms with Gasteiger partial charge in [0.25, 0.3) is 0 Å².